The van der Waals surface area contributed by atoms with Crippen molar-refractivity contribution in [3.63, 3.8) is 0 Å². The van der Waals surface area contributed by atoms with Gasteiger partial charge < -0.3 is 4.74 Å². The monoisotopic (exact) mass is 213 g/mol. The molecule has 1 rings (SSSR count). The number of esters is 1. The van der Waals surface area contributed by atoms with Crippen LogP contribution in [0.25, 0.3) is 0 Å². The molecule has 0 unspecified atom stereocenters. The largest absolute Gasteiger partial charge is 0.458 e. The summed E-state index contributed by atoms with van der Waals surface area (Å²) in [4.78, 5) is 21.5. The van der Waals surface area contributed by atoms with E-state index in [0.717, 1.165) is 19.3 Å². The minimum Gasteiger partial charge on any atom is -0.458 e. The molecule has 0 aliphatic heterocycles. The van der Waals surface area contributed by atoms with Crippen LogP contribution in [0.4, 0.5) is 0 Å². The van der Waals surface area contributed by atoms with E-state index in [1.54, 1.807) is 6.92 Å². The number of hydrogen-bond donors (Lipinski definition) is 0. The highest BCUT2D eigenvalue weighted by molar-refractivity contribution is 5.86. The highest BCUT2D eigenvalue weighted by atomic mass is 16.6. The van der Waals surface area contributed by atoms with Crippen molar-refractivity contribution in [3.05, 3.63) is 21.4 Å². The molecule has 0 amide bonds. The molecular formula is C10H15NO4. The van der Waals surface area contributed by atoms with Crippen LogP contribution in [0.3, 0.4) is 0 Å². The molecule has 5 nitrogen and oxygen atoms in total. The van der Waals surface area contributed by atoms with Crippen molar-refractivity contribution in [1.82, 2.24) is 0 Å². The standard InChI is InChI=1S/C10H15NO4/c1-2-15-10(12)9(11(13)14)8-6-4-3-5-7-8/h2-7H2,1H3. The smallest absolute Gasteiger partial charge is 0.409 e. The first-order chi connectivity index (χ1) is 7.16. The molecule has 0 atom stereocenters. The van der Waals surface area contributed by atoms with Gasteiger partial charge in [-0.25, -0.2) is 4.79 Å². The molecule has 1 aliphatic carbocycles. The summed E-state index contributed by atoms with van der Waals surface area (Å²) < 4.78 is 4.68. The van der Waals surface area contributed by atoms with Crippen LogP contribution in [-0.2, 0) is 9.53 Å². The third-order valence-electron chi connectivity index (χ3n) is 2.44. The molecule has 84 valence electrons. The molecule has 0 bridgehead atoms. The summed E-state index contributed by atoms with van der Waals surface area (Å²) in [5.41, 5.74) is 0.307. The zero-order chi connectivity index (χ0) is 11.3. The predicted molar refractivity (Wildman–Crippen MR) is 53.7 cm³/mol. The highest BCUT2D eigenvalue weighted by Gasteiger charge is 2.29. The lowest BCUT2D eigenvalue weighted by Crippen LogP contribution is -2.18. The fraction of sp³-hybridized carbons (Fsp3) is 0.700. The quantitative estimate of drug-likeness (QED) is 0.311. The first-order valence-electron chi connectivity index (χ1n) is 5.20. The Labute approximate surface area is 88.3 Å². The molecule has 1 aliphatic rings. The Morgan fingerprint density at radius 3 is 2.47 bits per heavy atom. The van der Waals surface area contributed by atoms with Gasteiger partial charge in [0.15, 0.2) is 0 Å². The van der Waals surface area contributed by atoms with E-state index < -0.39 is 10.9 Å². The Morgan fingerprint density at radius 2 is 2.00 bits per heavy atom. The number of ether oxygens (including phenoxy) is 1. The Balaban J connectivity index is 2.88. The number of nitro groups is 1. The summed E-state index contributed by atoms with van der Waals surface area (Å²) >= 11 is 0. The second-order valence-electron chi connectivity index (χ2n) is 3.49. The zero-order valence-electron chi connectivity index (χ0n) is 8.82. The molecule has 0 saturated heterocycles. The van der Waals surface area contributed by atoms with Crippen molar-refractivity contribution in [2.45, 2.75) is 39.0 Å². The maximum Gasteiger partial charge on any atom is 0.409 e. The maximum atomic E-state index is 11.4. The van der Waals surface area contributed by atoms with Crippen LogP contribution < -0.4 is 0 Å². The van der Waals surface area contributed by atoms with Crippen LogP contribution in [-0.4, -0.2) is 17.5 Å². The molecule has 0 radical (unpaired) electrons. The van der Waals surface area contributed by atoms with Crippen LogP contribution in [0.2, 0.25) is 0 Å². The van der Waals surface area contributed by atoms with Gasteiger partial charge in [0.25, 0.3) is 0 Å². The molecule has 15 heavy (non-hydrogen) atoms. The van der Waals surface area contributed by atoms with Gasteiger partial charge >= 0.3 is 11.7 Å². The first kappa shape index (κ1) is 11.7. The number of rotatable bonds is 3. The third kappa shape index (κ3) is 3.04. The average molecular weight is 213 g/mol. The SMILES string of the molecule is CCOC(=O)C(=C1CCCCC1)[N+](=O)[O-]. The summed E-state index contributed by atoms with van der Waals surface area (Å²) in [6.07, 6.45) is 4.22. The topological polar surface area (TPSA) is 69.4 Å². The Bertz CT molecular complexity index is 288. The van der Waals surface area contributed by atoms with Gasteiger partial charge in [-0.15, -0.1) is 0 Å². The molecule has 1 fully saturated rings. The van der Waals surface area contributed by atoms with Crippen LogP contribution in [0.1, 0.15) is 39.0 Å². The molecule has 0 aromatic carbocycles. The highest BCUT2D eigenvalue weighted by Crippen LogP contribution is 2.26. The number of nitrogens with zero attached hydrogens (tertiary/aromatic N) is 1. The van der Waals surface area contributed by atoms with Gasteiger partial charge in [-0.05, 0) is 32.6 Å². The van der Waals surface area contributed by atoms with Crippen molar-refractivity contribution in [1.29, 1.82) is 0 Å². The van der Waals surface area contributed by atoms with E-state index in [0.29, 0.717) is 18.4 Å². The molecular weight excluding hydrogens is 198 g/mol. The lowest BCUT2D eigenvalue weighted by atomic mass is 9.93. The lowest BCUT2D eigenvalue weighted by Gasteiger charge is -2.13. The van der Waals surface area contributed by atoms with Gasteiger partial charge in [-0.1, -0.05) is 6.42 Å². The van der Waals surface area contributed by atoms with Crippen LogP contribution in [0, 0.1) is 10.1 Å². The van der Waals surface area contributed by atoms with E-state index in [2.05, 4.69) is 4.74 Å². The van der Waals surface area contributed by atoms with E-state index in [-0.39, 0.29) is 12.3 Å². The average Bonchev–Trinajstić information content (AvgIpc) is 2.19. The number of hydrogen-bond acceptors (Lipinski definition) is 4. The first-order valence-corrected chi connectivity index (χ1v) is 5.20. The fourth-order valence-electron chi connectivity index (χ4n) is 1.76. The summed E-state index contributed by atoms with van der Waals surface area (Å²) in [6.45, 7) is 1.81. The molecule has 0 spiro atoms. The van der Waals surface area contributed by atoms with Gasteiger partial charge in [-0.3, -0.25) is 10.1 Å². The van der Waals surface area contributed by atoms with Gasteiger partial charge in [0.05, 0.1) is 11.5 Å². The van der Waals surface area contributed by atoms with Gasteiger partial charge in [0, 0.05) is 5.57 Å². The van der Waals surface area contributed by atoms with Crippen molar-refractivity contribution in [2.75, 3.05) is 6.61 Å². The second kappa shape index (κ2) is 5.48. The van der Waals surface area contributed by atoms with Crippen molar-refractivity contribution in [3.8, 4) is 0 Å². The number of carbonyl (C=O) groups is 1. The number of allylic oxidation sites excluding steroid dienone is 1. The van der Waals surface area contributed by atoms with E-state index in [9.17, 15) is 14.9 Å². The Morgan fingerprint density at radius 1 is 1.40 bits per heavy atom. The van der Waals surface area contributed by atoms with E-state index in [1.807, 2.05) is 0 Å². The molecule has 0 aromatic heterocycles. The number of carbonyl (C=O) groups excluding carboxylic acids is 1. The predicted octanol–water partition coefficient (Wildman–Crippen LogP) is 2.04. The van der Waals surface area contributed by atoms with Gasteiger partial charge in [0.1, 0.15) is 0 Å². The van der Waals surface area contributed by atoms with Crippen LogP contribution >= 0.6 is 0 Å². The van der Waals surface area contributed by atoms with Crippen LogP contribution in [0.5, 0.6) is 0 Å². The third-order valence-corrected chi connectivity index (χ3v) is 2.44. The maximum absolute atomic E-state index is 11.4. The molecule has 0 N–H and O–H groups in total. The second-order valence-corrected chi connectivity index (χ2v) is 3.49. The summed E-state index contributed by atoms with van der Waals surface area (Å²) in [7, 11) is 0. The van der Waals surface area contributed by atoms with Gasteiger partial charge in [-0.2, -0.15) is 0 Å². The Kier molecular flexibility index (Phi) is 4.27. The molecule has 1 saturated carbocycles. The van der Waals surface area contributed by atoms with E-state index in [4.69, 9.17) is 0 Å². The molecule has 0 heterocycles. The minimum absolute atomic E-state index is 0.170. The molecule has 0 aromatic rings. The molecule has 5 heteroatoms. The summed E-state index contributed by atoms with van der Waals surface area (Å²) in [5.74, 6) is -0.792. The zero-order valence-corrected chi connectivity index (χ0v) is 8.82. The van der Waals surface area contributed by atoms with Crippen LogP contribution in [0.15, 0.2) is 11.3 Å². The normalized spacial score (nSPS) is 15.9. The van der Waals surface area contributed by atoms with Gasteiger partial charge in [0.2, 0.25) is 0 Å². The van der Waals surface area contributed by atoms with Crippen molar-refractivity contribution >= 4 is 5.97 Å². The lowest BCUT2D eigenvalue weighted by molar-refractivity contribution is -0.422. The van der Waals surface area contributed by atoms with Crippen molar-refractivity contribution in [2.24, 2.45) is 0 Å². The van der Waals surface area contributed by atoms with E-state index in [1.165, 1.54) is 0 Å². The fourth-order valence-corrected chi connectivity index (χ4v) is 1.76. The van der Waals surface area contributed by atoms with Crippen molar-refractivity contribution < 1.29 is 14.5 Å². The minimum atomic E-state index is -0.792. The summed E-state index contributed by atoms with van der Waals surface area (Å²) in [5, 5.41) is 10.8. The summed E-state index contributed by atoms with van der Waals surface area (Å²) in [6, 6.07) is 0. The Hall–Kier alpha value is -1.39. The van der Waals surface area contributed by atoms with E-state index >= 15 is 0 Å².